The van der Waals surface area contributed by atoms with Crippen LogP contribution in [0.25, 0.3) is 0 Å². The van der Waals surface area contributed by atoms with E-state index in [0.29, 0.717) is 12.2 Å². The van der Waals surface area contributed by atoms with Crippen LogP contribution < -0.4 is 19.7 Å². The average Bonchev–Trinajstić information content (AvgIpc) is 3.12. The summed E-state index contributed by atoms with van der Waals surface area (Å²) in [5, 5.41) is 2.94. The van der Waals surface area contributed by atoms with Crippen LogP contribution in [0.4, 0.5) is 5.69 Å². The number of nitrogens with one attached hydrogen (secondary N) is 1. The third-order valence-electron chi connectivity index (χ3n) is 4.80. The fraction of sp³-hybridized carbons (Fsp3) is 0.364. The first kappa shape index (κ1) is 19.7. The SMILES string of the molecule is COc1ccc(C)cc1[C@@H](C)NC(=O)COc1cccc(N2CCCC2=O)c1. The van der Waals surface area contributed by atoms with Gasteiger partial charge < -0.3 is 19.7 Å². The van der Waals surface area contributed by atoms with Crippen molar-refractivity contribution in [2.75, 3.05) is 25.2 Å². The second-order valence-electron chi connectivity index (χ2n) is 6.97. The number of carbonyl (C=O) groups is 2. The summed E-state index contributed by atoms with van der Waals surface area (Å²) < 4.78 is 11.0. The Morgan fingerprint density at radius 2 is 2.07 bits per heavy atom. The van der Waals surface area contributed by atoms with Gasteiger partial charge in [0.2, 0.25) is 5.91 Å². The maximum atomic E-state index is 12.3. The molecule has 1 atom stereocenters. The van der Waals surface area contributed by atoms with Crippen molar-refractivity contribution < 1.29 is 19.1 Å². The molecule has 1 saturated heterocycles. The molecule has 2 aromatic carbocycles. The molecular weight excluding hydrogens is 356 g/mol. The molecule has 0 spiro atoms. The number of ether oxygens (including phenoxy) is 2. The van der Waals surface area contributed by atoms with Gasteiger partial charge in [0.25, 0.3) is 5.91 Å². The summed E-state index contributed by atoms with van der Waals surface area (Å²) in [5.41, 5.74) is 2.82. The molecule has 0 unspecified atom stereocenters. The van der Waals surface area contributed by atoms with Crippen LogP contribution in [0.15, 0.2) is 42.5 Å². The fourth-order valence-electron chi connectivity index (χ4n) is 3.36. The lowest BCUT2D eigenvalue weighted by Gasteiger charge is -2.19. The van der Waals surface area contributed by atoms with Gasteiger partial charge in [0.05, 0.1) is 13.2 Å². The molecule has 0 radical (unpaired) electrons. The topological polar surface area (TPSA) is 67.9 Å². The number of methoxy groups -OCH3 is 1. The van der Waals surface area contributed by atoms with E-state index in [1.54, 1.807) is 24.1 Å². The van der Waals surface area contributed by atoms with Crippen molar-refractivity contribution >= 4 is 17.5 Å². The number of hydrogen-bond donors (Lipinski definition) is 1. The quantitative estimate of drug-likeness (QED) is 0.797. The predicted octanol–water partition coefficient (Wildman–Crippen LogP) is 3.39. The highest BCUT2D eigenvalue weighted by Gasteiger charge is 2.22. The lowest BCUT2D eigenvalue weighted by Crippen LogP contribution is -2.31. The predicted molar refractivity (Wildman–Crippen MR) is 108 cm³/mol. The van der Waals surface area contributed by atoms with Crippen LogP contribution in [-0.4, -0.2) is 32.1 Å². The lowest BCUT2D eigenvalue weighted by atomic mass is 10.0. The standard InChI is InChI=1S/C22H26N2O4/c1-15-9-10-20(27-3)19(12-15)16(2)23-21(25)14-28-18-7-4-6-17(13-18)24-11-5-8-22(24)26/h4,6-7,9-10,12-13,16H,5,8,11,14H2,1-3H3,(H,23,25)/t16-/m1/s1. The van der Waals surface area contributed by atoms with Crippen LogP contribution in [-0.2, 0) is 9.59 Å². The molecule has 1 heterocycles. The van der Waals surface area contributed by atoms with Crippen molar-refractivity contribution in [1.82, 2.24) is 5.32 Å². The van der Waals surface area contributed by atoms with E-state index < -0.39 is 0 Å². The highest BCUT2D eigenvalue weighted by Crippen LogP contribution is 2.27. The molecule has 6 heteroatoms. The van der Waals surface area contributed by atoms with Crippen LogP contribution in [0, 0.1) is 6.92 Å². The van der Waals surface area contributed by atoms with E-state index in [1.165, 1.54) is 0 Å². The van der Waals surface area contributed by atoms with Gasteiger partial charge in [-0.2, -0.15) is 0 Å². The van der Waals surface area contributed by atoms with Crippen LogP contribution in [0.5, 0.6) is 11.5 Å². The molecule has 1 fully saturated rings. The number of nitrogens with zero attached hydrogens (tertiary/aromatic N) is 1. The third kappa shape index (κ3) is 4.63. The molecule has 6 nitrogen and oxygen atoms in total. The first-order valence-electron chi connectivity index (χ1n) is 9.45. The van der Waals surface area contributed by atoms with Gasteiger partial charge in [-0.15, -0.1) is 0 Å². The number of carbonyl (C=O) groups excluding carboxylic acids is 2. The Hall–Kier alpha value is -3.02. The maximum absolute atomic E-state index is 12.3. The van der Waals surface area contributed by atoms with E-state index in [0.717, 1.165) is 35.5 Å². The van der Waals surface area contributed by atoms with Gasteiger partial charge in [0.15, 0.2) is 6.61 Å². The minimum atomic E-state index is -0.223. The van der Waals surface area contributed by atoms with Crippen molar-refractivity contribution in [3.63, 3.8) is 0 Å². The molecule has 0 aliphatic carbocycles. The van der Waals surface area contributed by atoms with Gasteiger partial charge in [-0.05, 0) is 38.5 Å². The molecule has 0 aromatic heterocycles. The molecule has 1 N–H and O–H groups in total. The summed E-state index contributed by atoms with van der Waals surface area (Å²) in [6, 6.07) is 12.9. The molecule has 1 aliphatic rings. The molecule has 1 aliphatic heterocycles. The van der Waals surface area contributed by atoms with Crippen LogP contribution >= 0.6 is 0 Å². The van der Waals surface area contributed by atoms with Gasteiger partial charge in [-0.25, -0.2) is 0 Å². The number of anilines is 1. The van der Waals surface area contributed by atoms with Crippen molar-refractivity contribution in [2.45, 2.75) is 32.7 Å². The number of amides is 2. The van der Waals surface area contributed by atoms with Gasteiger partial charge in [0.1, 0.15) is 11.5 Å². The second-order valence-corrected chi connectivity index (χ2v) is 6.97. The molecule has 148 valence electrons. The normalized spacial score (nSPS) is 14.7. The molecule has 0 saturated carbocycles. The first-order valence-corrected chi connectivity index (χ1v) is 9.45. The molecule has 28 heavy (non-hydrogen) atoms. The van der Waals surface area contributed by atoms with Crippen molar-refractivity contribution in [3.8, 4) is 11.5 Å². The summed E-state index contributed by atoms with van der Waals surface area (Å²) in [6.45, 7) is 4.53. The summed E-state index contributed by atoms with van der Waals surface area (Å²) in [4.78, 5) is 26.0. The Labute approximate surface area is 165 Å². The summed E-state index contributed by atoms with van der Waals surface area (Å²) in [6.07, 6.45) is 1.44. The molecule has 3 rings (SSSR count). The summed E-state index contributed by atoms with van der Waals surface area (Å²) >= 11 is 0. The van der Waals surface area contributed by atoms with Gasteiger partial charge in [-0.3, -0.25) is 9.59 Å². The van der Waals surface area contributed by atoms with E-state index in [2.05, 4.69) is 5.32 Å². The third-order valence-corrected chi connectivity index (χ3v) is 4.80. The average molecular weight is 382 g/mol. The molecule has 2 aromatic rings. The van der Waals surface area contributed by atoms with E-state index in [1.807, 2.05) is 44.2 Å². The van der Waals surface area contributed by atoms with E-state index in [9.17, 15) is 9.59 Å². The van der Waals surface area contributed by atoms with E-state index >= 15 is 0 Å². The Morgan fingerprint density at radius 1 is 1.25 bits per heavy atom. The van der Waals surface area contributed by atoms with Crippen LogP contribution in [0.1, 0.15) is 36.9 Å². The molecule has 2 amide bonds. The van der Waals surface area contributed by atoms with Crippen molar-refractivity contribution in [2.24, 2.45) is 0 Å². The Balaban J connectivity index is 1.59. The zero-order valence-corrected chi connectivity index (χ0v) is 16.5. The zero-order valence-electron chi connectivity index (χ0n) is 16.5. The molecule has 0 bridgehead atoms. The lowest BCUT2D eigenvalue weighted by molar-refractivity contribution is -0.123. The minimum Gasteiger partial charge on any atom is -0.496 e. The number of hydrogen-bond acceptors (Lipinski definition) is 4. The smallest absolute Gasteiger partial charge is 0.258 e. The summed E-state index contributed by atoms with van der Waals surface area (Å²) in [5.74, 6) is 1.20. The Morgan fingerprint density at radius 3 is 2.79 bits per heavy atom. The van der Waals surface area contributed by atoms with Gasteiger partial charge in [0, 0.05) is 30.3 Å². The fourth-order valence-corrected chi connectivity index (χ4v) is 3.36. The van der Waals surface area contributed by atoms with Gasteiger partial charge >= 0.3 is 0 Å². The maximum Gasteiger partial charge on any atom is 0.258 e. The monoisotopic (exact) mass is 382 g/mol. The van der Waals surface area contributed by atoms with Crippen LogP contribution in [0.3, 0.4) is 0 Å². The second kappa shape index (κ2) is 8.78. The Bertz CT molecular complexity index is 865. The first-order chi connectivity index (χ1) is 13.5. The number of rotatable bonds is 7. The molecular formula is C22H26N2O4. The summed E-state index contributed by atoms with van der Waals surface area (Å²) in [7, 11) is 1.62. The Kier molecular flexibility index (Phi) is 6.19. The van der Waals surface area contributed by atoms with Crippen LogP contribution in [0.2, 0.25) is 0 Å². The van der Waals surface area contributed by atoms with Crippen molar-refractivity contribution in [3.05, 3.63) is 53.6 Å². The van der Waals surface area contributed by atoms with E-state index in [-0.39, 0.29) is 24.5 Å². The highest BCUT2D eigenvalue weighted by atomic mass is 16.5. The zero-order chi connectivity index (χ0) is 20.1. The largest absolute Gasteiger partial charge is 0.496 e. The van der Waals surface area contributed by atoms with Gasteiger partial charge in [-0.1, -0.05) is 23.8 Å². The van der Waals surface area contributed by atoms with Crippen molar-refractivity contribution in [1.29, 1.82) is 0 Å². The minimum absolute atomic E-state index is 0.101. The number of aryl methyl sites for hydroxylation is 1. The number of benzene rings is 2. The highest BCUT2D eigenvalue weighted by molar-refractivity contribution is 5.95. The van der Waals surface area contributed by atoms with E-state index in [4.69, 9.17) is 9.47 Å².